The summed E-state index contributed by atoms with van der Waals surface area (Å²) in [6.45, 7) is 6.74. The molecule has 0 heterocycles. The zero-order chi connectivity index (χ0) is 9.90. The van der Waals surface area contributed by atoms with E-state index in [2.05, 4.69) is 0 Å². The molecule has 0 radical (unpaired) electrons. The molecule has 0 saturated heterocycles. The first-order valence-corrected chi connectivity index (χ1v) is 4.46. The van der Waals surface area contributed by atoms with E-state index in [1.165, 1.54) is 0 Å². The molecular formula is C11H17BO3. The Morgan fingerprint density at radius 2 is 1.80 bits per heavy atom. The summed E-state index contributed by atoms with van der Waals surface area (Å²) in [5.74, 6) is 0. The van der Waals surface area contributed by atoms with Gasteiger partial charge in [-0.3, -0.25) is 0 Å². The Bertz CT molecular complexity index is 281. The molecule has 0 unspecified atom stereocenters. The Balaban J connectivity index is 0. The normalized spacial score (nSPS) is 10.2. The van der Waals surface area contributed by atoms with E-state index in [1.54, 1.807) is 0 Å². The van der Waals surface area contributed by atoms with Crippen LogP contribution in [0, 0.1) is 0 Å². The van der Waals surface area contributed by atoms with Gasteiger partial charge in [-0.15, -0.1) is 0 Å². The number of ether oxygens (including phenoxy) is 1. The predicted molar refractivity (Wildman–Crippen MR) is 60.2 cm³/mol. The van der Waals surface area contributed by atoms with Crippen LogP contribution in [0.2, 0.25) is 0 Å². The summed E-state index contributed by atoms with van der Waals surface area (Å²) in [5.41, 5.74) is 1.81. The quantitative estimate of drug-likeness (QED) is 0.690. The minimum atomic E-state index is -0.0927. The third kappa shape index (κ3) is 7.14. The van der Waals surface area contributed by atoms with Gasteiger partial charge in [-0.05, 0) is 0 Å². The molecule has 0 bridgehead atoms. The summed E-state index contributed by atoms with van der Waals surface area (Å²) in [6.07, 6.45) is 0. The van der Waals surface area contributed by atoms with Crippen LogP contribution < -0.4 is 5.46 Å². The van der Waals surface area contributed by atoms with E-state index < -0.39 is 0 Å². The third-order valence-corrected chi connectivity index (χ3v) is 1.62. The summed E-state index contributed by atoms with van der Waals surface area (Å²) in [4.78, 5) is 0. The van der Waals surface area contributed by atoms with Crippen molar-refractivity contribution in [1.82, 2.24) is 0 Å². The molecule has 15 heavy (non-hydrogen) atoms. The molecule has 0 amide bonds. The van der Waals surface area contributed by atoms with Gasteiger partial charge < -0.3 is 11.0 Å². The van der Waals surface area contributed by atoms with Crippen molar-refractivity contribution in [2.75, 3.05) is 0 Å². The van der Waals surface area contributed by atoms with Gasteiger partial charge in [0.2, 0.25) is 0 Å². The van der Waals surface area contributed by atoms with Crippen LogP contribution >= 0.6 is 0 Å². The summed E-state index contributed by atoms with van der Waals surface area (Å²) in [7, 11) is 5.64. The van der Waals surface area contributed by atoms with Crippen LogP contribution in [0.1, 0.15) is 26.3 Å². The summed E-state index contributed by atoms with van der Waals surface area (Å²) >= 11 is 0. The molecule has 0 aliphatic heterocycles. The average Bonchev–Trinajstić information content (AvgIpc) is 2.00. The molecule has 0 saturated carbocycles. The van der Waals surface area contributed by atoms with E-state index >= 15 is 0 Å². The number of benzene rings is 1. The molecule has 0 fully saturated rings. The predicted octanol–water partition coefficient (Wildman–Crippen LogP) is 1.44. The molecular weight excluding hydrogens is 191 g/mol. The van der Waals surface area contributed by atoms with Crippen molar-refractivity contribution in [3.63, 3.8) is 0 Å². The smallest absolute Gasteiger partial charge is 0.870 e. The van der Waals surface area contributed by atoms with Crippen molar-refractivity contribution in [3.05, 3.63) is 29.8 Å². The molecule has 1 aromatic carbocycles. The molecule has 2 N–H and O–H groups in total. The van der Waals surface area contributed by atoms with Crippen LogP contribution in [0.15, 0.2) is 24.3 Å². The third-order valence-electron chi connectivity index (χ3n) is 1.62. The molecule has 0 aliphatic carbocycles. The fourth-order valence-corrected chi connectivity index (χ4v) is 0.983. The molecule has 4 heteroatoms. The van der Waals surface area contributed by atoms with Gasteiger partial charge in [0.15, 0.2) is 0 Å². The Morgan fingerprint density at radius 3 is 2.27 bits per heavy atom. The van der Waals surface area contributed by atoms with Gasteiger partial charge in [0.05, 0.1) is 0 Å². The zero-order valence-electron chi connectivity index (χ0n) is 9.40. The van der Waals surface area contributed by atoms with E-state index in [0.717, 1.165) is 11.0 Å². The first-order valence-electron chi connectivity index (χ1n) is 4.46. The number of hydrogen-bond donors (Lipinski definition) is 0. The monoisotopic (exact) mass is 208 g/mol. The van der Waals surface area contributed by atoms with Crippen molar-refractivity contribution >= 4 is 13.3 Å². The van der Waals surface area contributed by atoms with Gasteiger partial charge in [0.1, 0.15) is 0 Å². The van der Waals surface area contributed by atoms with E-state index in [0.29, 0.717) is 6.61 Å². The molecule has 3 nitrogen and oxygen atoms in total. The Labute approximate surface area is 92.5 Å². The zero-order valence-corrected chi connectivity index (χ0v) is 9.40. The van der Waals surface area contributed by atoms with E-state index in [4.69, 9.17) is 12.6 Å². The molecule has 0 aliphatic rings. The van der Waals surface area contributed by atoms with Gasteiger partial charge in [0.25, 0.3) is 0 Å². The first kappa shape index (κ1) is 16.6. The fraction of sp³-hybridized carbons (Fsp3) is 0.455. The maximum atomic E-state index is 5.64. The van der Waals surface area contributed by atoms with Crippen LogP contribution in [0.3, 0.4) is 0 Å². The van der Waals surface area contributed by atoms with Crippen molar-refractivity contribution in [3.8, 4) is 0 Å². The molecule has 1 aromatic rings. The number of rotatable bonds is 2. The standard InChI is InChI=1S/C11H15BO.2H2O/c1-11(2,3)13-8-9-5-4-6-10(12)7-9;;/h4-7H,8H2,1-3H3;2*1H2/q+2;;/p-2. The Hall–Kier alpha value is -0.835. The summed E-state index contributed by atoms with van der Waals surface area (Å²) in [6, 6.07) is 7.77. The van der Waals surface area contributed by atoms with E-state index in [9.17, 15) is 0 Å². The van der Waals surface area contributed by atoms with Crippen molar-refractivity contribution in [2.45, 2.75) is 33.0 Å². The van der Waals surface area contributed by atoms with Crippen LogP contribution in [0.5, 0.6) is 0 Å². The SMILES string of the molecule is [B+2]c1cccc(COC(C)(C)C)c1.[OH-].[OH-]. The van der Waals surface area contributed by atoms with Gasteiger partial charge >= 0.3 is 80.9 Å². The van der Waals surface area contributed by atoms with Gasteiger partial charge in [-0.1, -0.05) is 0 Å². The van der Waals surface area contributed by atoms with E-state index in [-0.39, 0.29) is 16.6 Å². The van der Waals surface area contributed by atoms with Crippen molar-refractivity contribution in [1.29, 1.82) is 0 Å². The minimum Gasteiger partial charge on any atom is -0.870 e. The molecule has 82 valence electrons. The maximum Gasteiger partial charge on any atom is -0.870 e. The molecule has 0 aromatic heterocycles. The van der Waals surface area contributed by atoms with Crippen molar-refractivity contribution in [2.24, 2.45) is 0 Å². The fourth-order valence-electron chi connectivity index (χ4n) is 0.983. The van der Waals surface area contributed by atoms with Crippen molar-refractivity contribution < 1.29 is 15.7 Å². The van der Waals surface area contributed by atoms with Gasteiger partial charge in [0, 0.05) is 0 Å². The van der Waals surface area contributed by atoms with E-state index in [1.807, 2.05) is 45.0 Å². The second-order valence-corrected chi connectivity index (χ2v) is 4.15. The summed E-state index contributed by atoms with van der Waals surface area (Å²) < 4.78 is 5.61. The molecule has 1 rings (SSSR count). The largest absolute Gasteiger partial charge is 0.870 e. The number of hydrogen-bond acceptors (Lipinski definition) is 3. The van der Waals surface area contributed by atoms with Crippen LogP contribution in [-0.2, 0) is 11.3 Å². The van der Waals surface area contributed by atoms with Crippen LogP contribution in [0.25, 0.3) is 0 Å². The Morgan fingerprint density at radius 1 is 1.20 bits per heavy atom. The van der Waals surface area contributed by atoms with Gasteiger partial charge in [-0.2, -0.15) is 0 Å². The molecule has 0 atom stereocenters. The summed E-state index contributed by atoms with van der Waals surface area (Å²) in [5, 5.41) is 0. The maximum absolute atomic E-state index is 5.64. The average molecular weight is 208 g/mol. The van der Waals surface area contributed by atoms with Gasteiger partial charge in [-0.25, -0.2) is 0 Å². The van der Waals surface area contributed by atoms with Crippen LogP contribution in [-0.4, -0.2) is 24.4 Å². The second-order valence-electron chi connectivity index (χ2n) is 4.15. The molecule has 0 spiro atoms. The van der Waals surface area contributed by atoms with Crippen LogP contribution in [0.4, 0.5) is 0 Å². The second kappa shape index (κ2) is 6.61. The topological polar surface area (TPSA) is 69.2 Å². The Kier molecular flexibility index (Phi) is 7.31. The first-order chi connectivity index (χ1) is 5.97. The minimum absolute atomic E-state index is 0.